The van der Waals surface area contributed by atoms with E-state index in [-0.39, 0.29) is 18.9 Å². The first kappa shape index (κ1) is 20.0. The molecule has 8 nitrogen and oxygen atoms in total. The molecule has 0 aliphatic rings. The van der Waals surface area contributed by atoms with Crippen molar-refractivity contribution >= 4 is 17.7 Å². The molecule has 2 aromatic heterocycles. The van der Waals surface area contributed by atoms with E-state index in [2.05, 4.69) is 5.10 Å². The standard InChI is InChI=1S/C23H20N4O4/c24-19-13-25-26(14-19)21-12-11-20(22(28)30-15-17-7-3-1-4-8-17)27(21)23(29)31-16-18-9-5-2-6-10-18/h1-14H,15-16,24H2. The van der Waals surface area contributed by atoms with Gasteiger partial charge in [0.05, 0.1) is 18.1 Å². The predicted molar refractivity (Wildman–Crippen MR) is 114 cm³/mol. The van der Waals surface area contributed by atoms with Crippen LogP contribution in [0.1, 0.15) is 21.6 Å². The number of esters is 1. The van der Waals surface area contributed by atoms with Crippen LogP contribution in [0.2, 0.25) is 0 Å². The largest absolute Gasteiger partial charge is 0.456 e. The van der Waals surface area contributed by atoms with Crippen LogP contribution >= 0.6 is 0 Å². The number of aromatic nitrogens is 3. The third kappa shape index (κ3) is 4.64. The SMILES string of the molecule is Nc1cnn(-c2ccc(C(=O)OCc3ccccc3)n2C(=O)OCc2ccccc2)c1. The first-order valence-electron chi connectivity index (χ1n) is 9.56. The molecule has 0 unspecified atom stereocenters. The van der Waals surface area contributed by atoms with E-state index < -0.39 is 12.1 Å². The fourth-order valence-electron chi connectivity index (χ4n) is 3.00. The summed E-state index contributed by atoms with van der Waals surface area (Å²) in [6, 6.07) is 21.6. The van der Waals surface area contributed by atoms with Crippen LogP contribution in [0.3, 0.4) is 0 Å². The molecule has 0 saturated heterocycles. The maximum absolute atomic E-state index is 12.9. The second-order valence-corrected chi connectivity index (χ2v) is 6.73. The van der Waals surface area contributed by atoms with E-state index in [4.69, 9.17) is 15.2 Å². The minimum Gasteiger partial charge on any atom is -0.456 e. The van der Waals surface area contributed by atoms with E-state index in [0.717, 1.165) is 15.7 Å². The number of ether oxygens (including phenoxy) is 2. The van der Waals surface area contributed by atoms with Crippen LogP contribution in [0.25, 0.3) is 5.82 Å². The summed E-state index contributed by atoms with van der Waals surface area (Å²) in [7, 11) is 0. The fourth-order valence-corrected chi connectivity index (χ4v) is 3.00. The lowest BCUT2D eigenvalue weighted by Gasteiger charge is -2.12. The molecule has 0 spiro atoms. The lowest BCUT2D eigenvalue weighted by Crippen LogP contribution is -2.23. The van der Waals surface area contributed by atoms with E-state index in [1.54, 1.807) is 6.07 Å². The molecule has 2 N–H and O–H groups in total. The van der Waals surface area contributed by atoms with E-state index in [0.29, 0.717) is 11.5 Å². The van der Waals surface area contributed by atoms with Crippen molar-refractivity contribution in [3.05, 3.63) is 102 Å². The normalized spacial score (nSPS) is 10.6. The summed E-state index contributed by atoms with van der Waals surface area (Å²) < 4.78 is 13.4. The molecule has 2 aromatic carbocycles. The molecule has 156 valence electrons. The zero-order valence-electron chi connectivity index (χ0n) is 16.5. The monoisotopic (exact) mass is 416 g/mol. The minimum absolute atomic E-state index is 0.0260. The van der Waals surface area contributed by atoms with Crippen LogP contribution in [0.15, 0.2) is 85.2 Å². The molecule has 0 saturated carbocycles. The molecule has 4 rings (SSSR count). The molecule has 0 aliphatic heterocycles. The lowest BCUT2D eigenvalue weighted by atomic mass is 10.2. The van der Waals surface area contributed by atoms with Gasteiger partial charge in [-0.25, -0.2) is 18.8 Å². The Hall–Kier alpha value is -4.33. The molecule has 2 heterocycles. The zero-order valence-corrected chi connectivity index (χ0v) is 16.5. The average Bonchev–Trinajstić information content (AvgIpc) is 3.43. The molecule has 31 heavy (non-hydrogen) atoms. The van der Waals surface area contributed by atoms with Crippen molar-refractivity contribution in [2.75, 3.05) is 5.73 Å². The number of benzene rings is 2. The minimum atomic E-state index is -0.732. The molecular formula is C23H20N4O4. The number of nitrogens with two attached hydrogens (primary N) is 1. The quantitative estimate of drug-likeness (QED) is 0.480. The number of hydrogen-bond acceptors (Lipinski definition) is 6. The highest BCUT2D eigenvalue weighted by molar-refractivity contribution is 5.93. The third-order valence-electron chi connectivity index (χ3n) is 4.51. The van der Waals surface area contributed by atoms with Crippen molar-refractivity contribution in [3.63, 3.8) is 0 Å². The second-order valence-electron chi connectivity index (χ2n) is 6.73. The summed E-state index contributed by atoms with van der Waals surface area (Å²) in [4.78, 5) is 25.7. The number of nitrogen functional groups attached to an aromatic ring is 1. The van der Waals surface area contributed by atoms with E-state index in [9.17, 15) is 9.59 Å². The number of rotatable bonds is 6. The summed E-state index contributed by atoms with van der Waals surface area (Å²) in [5.41, 5.74) is 7.85. The van der Waals surface area contributed by atoms with Gasteiger partial charge in [0.2, 0.25) is 0 Å². The summed E-state index contributed by atoms with van der Waals surface area (Å²) in [5.74, 6) is -0.353. The van der Waals surface area contributed by atoms with E-state index >= 15 is 0 Å². The van der Waals surface area contributed by atoms with E-state index in [1.165, 1.54) is 23.1 Å². The summed E-state index contributed by atoms with van der Waals surface area (Å²) in [6.45, 7) is 0.130. The Morgan fingerprint density at radius 3 is 2.03 bits per heavy atom. The van der Waals surface area contributed by atoms with Crippen molar-refractivity contribution in [1.82, 2.24) is 14.3 Å². The average molecular weight is 416 g/mol. The van der Waals surface area contributed by atoms with Gasteiger partial charge in [0.25, 0.3) is 0 Å². The first-order chi connectivity index (χ1) is 15.1. The van der Waals surface area contributed by atoms with Crippen LogP contribution in [-0.4, -0.2) is 26.4 Å². The molecular weight excluding hydrogens is 396 g/mol. The molecule has 0 bridgehead atoms. The van der Waals surface area contributed by atoms with Crippen LogP contribution in [0, 0.1) is 0 Å². The zero-order chi connectivity index (χ0) is 21.6. The van der Waals surface area contributed by atoms with Crippen molar-refractivity contribution in [2.45, 2.75) is 13.2 Å². The van der Waals surface area contributed by atoms with Gasteiger partial charge in [0.15, 0.2) is 0 Å². The van der Waals surface area contributed by atoms with Gasteiger partial charge in [0, 0.05) is 0 Å². The Bertz CT molecular complexity index is 1180. The number of nitrogens with zero attached hydrogens (tertiary/aromatic N) is 3. The van der Waals surface area contributed by atoms with Crippen molar-refractivity contribution in [1.29, 1.82) is 0 Å². The Labute approximate surface area is 178 Å². The molecule has 4 aromatic rings. The van der Waals surface area contributed by atoms with Crippen molar-refractivity contribution in [2.24, 2.45) is 0 Å². The molecule has 0 radical (unpaired) electrons. The van der Waals surface area contributed by atoms with Gasteiger partial charge in [-0.05, 0) is 23.3 Å². The summed E-state index contributed by atoms with van der Waals surface area (Å²) in [5, 5.41) is 4.12. The van der Waals surface area contributed by atoms with Gasteiger partial charge in [-0.3, -0.25) is 0 Å². The first-order valence-corrected chi connectivity index (χ1v) is 9.56. The van der Waals surface area contributed by atoms with Gasteiger partial charge < -0.3 is 15.2 Å². The van der Waals surface area contributed by atoms with Gasteiger partial charge in [0.1, 0.15) is 24.7 Å². The summed E-state index contributed by atoms with van der Waals surface area (Å²) >= 11 is 0. The Kier molecular flexibility index (Phi) is 5.79. The highest BCUT2D eigenvalue weighted by atomic mass is 16.6. The topological polar surface area (TPSA) is 101 Å². The summed E-state index contributed by atoms with van der Waals surface area (Å²) in [6.07, 6.45) is 2.25. The highest BCUT2D eigenvalue weighted by Crippen LogP contribution is 2.18. The van der Waals surface area contributed by atoms with Crippen LogP contribution in [-0.2, 0) is 22.7 Å². The van der Waals surface area contributed by atoms with Gasteiger partial charge >= 0.3 is 12.1 Å². The number of carbonyl (C=O) groups is 2. The van der Waals surface area contributed by atoms with Gasteiger partial charge in [-0.1, -0.05) is 60.7 Å². The Balaban J connectivity index is 1.59. The van der Waals surface area contributed by atoms with Crippen LogP contribution in [0.5, 0.6) is 0 Å². The lowest BCUT2D eigenvalue weighted by molar-refractivity contribution is 0.0457. The number of anilines is 1. The molecule has 0 amide bonds. The highest BCUT2D eigenvalue weighted by Gasteiger charge is 2.24. The Morgan fingerprint density at radius 1 is 0.839 bits per heavy atom. The van der Waals surface area contributed by atoms with Crippen LogP contribution in [0.4, 0.5) is 10.5 Å². The third-order valence-corrected chi connectivity index (χ3v) is 4.51. The van der Waals surface area contributed by atoms with Crippen LogP contribution < -0.4 is 5.73 Å². The van der Waals surface area contributed by atoms with Gasteiger partial charge in [-0.2, -0.15) is 5.10 Å². The van der Waals surface area contributed by atoms with Gasteiger partial charge in [-0.15, -0.1) is 0 Å². The van der Waals surface area contributed by atoms with E-state index in [1.807, 2.05) is 60.7 Å². The predicted octanol–water partition coefficient (Wildman–Crippen LogP) is 3.80. The molecule has 0 aliphatic carbocycles. The number of carbonyl (C=O) groups excluding carboxylic acids is 2. The fraction of sp³-hybridized carbons (Fsp3) is 0.0870. The second kappa shape index (κ2) is 9.00. The van der Waals surface area contributed by atoms with Crippen molar-refractivity contribution < 1.29 is 19.1 Å². The molecule has 0 fully saturated rings. The maximum atomic E-state index is 12.9. The number of hydrogen-bond donors (Lipinski definition) is 1. The maximum Gasteiger partial charge on any atom is 0.420 e. The molecule has 8 heteroatoms. The van der Waals surface area contributed by atoms with Crippen molar-refractivity contribution in [3.8, 4) is 5.82 Å². The molecule has 0 atom stereocenters. The smallest absolute Gasteiger partial charge is 0.420 e. The Morgan fingerprint density at radius 2 is 1.45 bits per heavy atom.